The molecule has 0 bridgehead atoms. The van der Waals surface area contributed by atoms with Crippen molar-refractivity contribution in [3.05, 3.63) is 59.7 Å². The Morgan fingerprint density at radius 1 is 0.615 bits per heavy atom. The smallest absolute Gasteiger partial charge is 0.213 e. The maximum atomic E-state index is 2.08. The fourth-order valence-electron chi connectivity index (χ4n) is 0.940. The van der Waals surface area contributed by atoms with Crippen LogP contribution in [0.2, 0.25) is 0 Å². The topological polar surface area (TPSA) is 0 Å². The van der Waals surface area contributed by atoms with Crippen molar-refractivity contribution in [2.24, 2.45) is 0 Å². The molecule has 0 fully saturated rings. The Bertz CT molecular complexity index is 245. The fraction of sp³-hybridized carbons (Fsp3) is 0.167. The van der Waals surface area contributed by atoms with Crippen molar-refractivity contribution in [3.63, 3.8) is 0 Å². The van der Waals surface area contributed by atoms with E-state index in [2.05, 4.69) is 38.1 Å². The van der Waals surface area contributed by atoms with E-state index < -0.39 is 0 Å². The van der Waals surface area contributed by atoms with Crippen LogP contribution >= 0.6 is 0 Å². The van der Waals surface area contributed by atoms with Crippen LogP contribution < -0.4 is 0 Å². The quantitative estimate of drug-likeness (QED) is 0.583. The first-order valence-electron chi connectivity index (χ1n) is 4.15. The van der Waals surface area contributed by atoms with Gasteiger partial charge in [-0.15, -0.1) is 0 Å². The SMILES string of the molecule is C[c-]1cccc1.C[c-]1cccc1.[V+2]. The second-order valence-corrected chi connectivity index (χ2v) is 2.92. The molecule has 1 radical (unpaired) electrons. The summed E-state index contributed by atoms with van der Waals surface area (Å²) in [6.07, 6.45) is 0. The Hall–Kier alpha value is -0.716. The van der Waals surface area contributed by atoms with Gasteiger partial charge in [-0.2, -0.15) is 35.4 Å². The van der Waals surface area contributed by atoms with E-state index in [0.717, 1.165) is 0 Å². The van der Waals surface area contributed by atoms with Crippen LogP contribution in [-0.2, 0) is 18.6 Å². The van der Waals surface area contributed by atoms with Crippen molar-refractivity contribution in [1.82, 2.24) is 0 Å². The molecule has 0 nitrogen and oxygen atoms in total. The molecule has 2 aromatic rings. The van der Waals surface area contributed by atoms with Crippen LogP contribution in [-0.4, -0.2) is 0 Å². The molecule has 0 aliphatic carbocycles. The van der Waals surface area contributed by atoms with Crippen LogP contribution in [0.5, 0.6) is 0 Å². The summed E-state index contributed by atoms with van der Waals surface area (Å²) in [6, 6.07) is 16.5. The number of aryl methyl sites for hydroxylation is 2. The van der Waals surface area contributed by atoms with Crippen LogP contribution in [0.3, 0.4) is 0 Å². The molecule has 0 amide bonds. The van der Waals surface area contributed by atoms with E-state index >= 15 is 0 Å². The first-order valence-corrected chi connectivity index (χ1v) is 4.15. The van der Waals surface area contributed by atoms with E-state index in [9.17, 15) is 0 Å². The predicted octanol–water partition coefficient (Wildman–Crippen LogP) is 3.43. The predicted molar refractivity (Wildman–Crippen MR) is 53.5 cm³/mol. The number of rotatable bonds is 0. The molecule has 0 aliphatic rings. The minimum atomic E-state index is 0. The molecule has 0 atom stereocenters. The van der Waals surface area contributed by atoms with E-state index in [1.807, 2.05) is 24.3 Å². The summed E-state index contributed by atoms with van der Waals surface area (Å²) in [5, 5.41) is 0. The minimum Gasteiger partial charge on any atom is -0.213 e. The maximum absolute atomic E-state index is 2.08. The molecule has 0 spiro atoms. The molecular weight excluding hydrogens is 195 g/mol. The van der Waals surface area contributed by atoms with Crippen molar-refractivity contribution >= 4 is 0 Å². The molecule has 0 saturated carbocycles. The van der Waals surface area contributed by atoms with Gasteiger partial charge in [-0.25, -0.2) is 24.3 Å². The average Bonchev–Trinajstić information content (AvgIpc) is 2.63. The Morgan fingerprint density at radius 3 is 0.923 bits per heavy atom. The zero-order chi connectivity index (χ0) is 8.81. The first kappa shape index (κ1) is 12.3. The molecule has 0 N–H and O–H groups in total. The van der Waals surface area contributed by atoms with Gasteiger partial charge in [0.2, 0.25) is 0 Å². The zero-order valence-electron chi connectivity index (χ0n) is 8.07. The summed E-state index contributed by atoms with van der Waals surface area (Å²) < 4.78 is 0. The van der Waals surface area contributed by atoms with Gasteiger partial charge < -0.3 is 0 Å². The standard InChI is InChI=1S/2C6H7.V/c2*1-6-4-2-3-5-6;/h2*2-5H,1H3;/q2*-1;+2. The van der Waals surface area contributed by atoms with Gasteiger partial charge in [-0.05, 0) is 0 Å². The Labute approximate surface area is 92.2 Å². The largest absolute Gasteiger partial charge is 2.00 e. The summed E-state index contributed by atoms with van der Waals surface area (Å²) in [5.41, 5.74) is 2.69. The molecule has 67 valence electrons. The molecule has 13 heavy (non-hydrogen) atoms. The van der Waals surface area contributed by atoms with Gasteiger partial charge in [0.25, 0.3) is 0 Å². The van der Waals surface area contributed by atoms with Crippen LogP contribution in [0.4, 0.5) is 0 Å². The van der Waals surface area contributed by atoms with Gasteiger partial charge in [0, 0.05) is 0 Å². The van der Waals surface area contributed by atoms with Crippen LogP contribution in [0.1, 0.15) is 11.1 Å². The molecule has 0 unspecified atom stereocenters. The van der Waals surface area contributed by atoms with E-state index in [1.165, 1.54) is 11.1 Å². The molecule has 0 aliphatic heterocycles. The van der Waals surface area contributed by atoms with E-state index in [0.29, 0.717) is 0 Å². The Kier molecular flexibility index (Phi) is 6.39. The third-order valence-corrected chi connectivity index (χ3v) is 1.66. The van der Waals surface area contributed by atoms with Gasteiger partial charge in [0.05, 0.1) is 0 Å². The second kappa shape index (κ2) is 6.76. The summed E-state index contributed by atoms with van der Waals surface area (Å²) in [7, 11) is 0. The Balaban J connectivity index is 0.000000206. The maximum Gasteiger partial charge on any atom is 2.00 e. The third kappa shape index (κ3) is 5.51. The van der Waals surface area contributed by atoms with E-state index in [1.54, 1.807) is 0 Å². The van der Waals surface area contributed by atoms with Gasteiger partial charge in [-0.1, -0.05) is 13.8 Å². The van der Waals surface area contributed by atoms with Gasteiger partial charge in [0.1, 0.15) is 0 Å². The van der Waals surface area contributed by atoms with Crippen molar-refractivity contribution in [3.8, 4) is 0 Å². The van der Waals surface area contributed by atoms with Crippen molar-refractivity contribution in [2.75, 3.05) is 0 Å². The monoisotopic (exact) mass is 209 g/mol. The van der Waals surface area contributed by atoms with E-state index in [4.69, 9.17) is 0 Å². The van der Waals surface area contributed by atoms with Crippen LogP contribution in [0.25, 0.3) is 0 Å². The fourth-order valence-corrected chi connectivity index (χ4v) is 0.940. The normalized spacial score (nSPS) is 8.15. The second-order valence-electron chi connectivity index (χ2n) is 2.92. The molecule has 1 heteroatoms. The number of hydrogen-bond acceptors (Lipinski definition) is 0. The van der Waals surface area contributed by atoms with Crippen LogP contribution in [0, 0.1) is 13.8 Å². The van der Waals surface area contributed by atoms with E-state index in [-0.39, 0.29) is 18.6 Å². The summed E-state index contributed by atoms with van der Waals surface area (Å²) in [6.45, 7) is 4.17. The van der Waals surface area contributed by atoms with Crippen molar-refractivity contribution in [2.45, 2.75) is 13.8 Å². The first-order chi connectivity index (χ1) is 5.79. The summed E-state index contributed by atoms with van der Waals surface area (Å²) in [5.74, 6) is 0. The molecule has 2 rings (SSSR count). The van der Waals surface area contributed by atoms with Crippen molar-refractivity contribution < 1.29 is 18.6 Å². The molecule has 2 aromatic carbocycles. The van der Waals surface area contributed by atoms with Gasteiger partial charge in [-0.3, -0.25) is 0 Å². The molecule has 0 saturated heterocycles. The van der Waals surface area contributed by atoms with Crippen LogP contribution in [0.15, 0.2) is 48.5 Å². The third-order valence-electron chi connectivity index (χ3n) is 1.66. The zero-order valence-corrected chi connectivity index (χ0v) is 9.46. The summed E-state index contributed by atoms with van der Waals surface area (Å²) in [4.78, 5) is 0. The Morgan fingerprint density at radius 2 is 0.846 bits per heavy atom. The molecule has 0 aromatic heterocycles. The summed E-state index contributed by atoms with van der Waals surface area (Å²) >= 11 is 0. The van der Waals surface area contributed by atoms with Crippen molar-refractivity contribution in [1.29, 1.82) is 0 Å². The van der Waals surface area contributed by atoms with Gasteiger partial charge >= 0.3 is 18.6 Å². The molecular formula is C12H14V. The number of hydrogen-bond donors (Lipinski definition) is 0. The minimum absolute atomic E-state index is 0. The average molecular weight is 209 g/mol. The molecule has 0 heterocycles. The van der Waals surface area contributed by atoms with Gasteiger partial charge in [0.15, 0.2) is 0 Å².